The topological polar surface area (TPSA) is 47.4 Å². The molecule has 0 spiro atoms. The van der Waals surface area contributed by atoms with Crippen molar-refractivity contribution in [1.29, 1.82) is 0 Å². The van der Waals surface area contributed by atoms with E-state index in [9.17, 15) is 9.18 Å². The third kappa shape index (κ3) is 5.55. The first kappa shape index (κ1) is 24.7. The predicted molar refractivity (Wildman–Crippen MR) is 150 cm³/mol. The molecule has 2 heterocycles. The zero-order valence-electron chi connectivity index (χ0n) is 19.7. The highest BCUT2D eigenvalue weighted by Gasteiger charge is 2.31. The van der Waals surface area contributed by atoms with E-state index in [0.717, 1.165) is 28.1 Å². The fourth-order valence-electron chi connectivity index (χ4n) is 3.81. The van der Waals surface area contributed by atoms with Crippen molar-refractivity contribution in [1.82, 2.24) is 14.7 Å². The molecule has 1 saturated heterocycles. The maximum Gasteiger partial charge on any atom is 0.266 e. The van der Waals surface area contributed by atoms with Crippen molar-refractivity contribution >= 4 is 40.3 Å². The van der Waals surface area contributed by atoms with Crippen LogP contribution in [0.15, 0.2) is 103 Å². The molecule has 1 aromatic heterocycles. The number of benzene rings is 3. The molecule has 0 saturated carbocycles. The number of carbonyl (C=O) groups excluding carboxylic acids is 1. The van der Waals surface area contributed by atoms with Crippen molar-refractivity contribution in [2.75, 3.05) is 6.54 Å². The first-order valence-electron chi connectivity index (χ1n) is 11.5. The second-order valence-electron chi connectivity index (χ2n) is 8.23. The van der Waals surface area contributed by atoms with Crippen LogP contribution in [0.3, 0.4) is 0 Å². The molecule has 3 aromatic carbocycles. The number of hydrogen-bond acceptors (Lipinski definition) is 5. The van der Waals surface area contributed by atoms with E-state index in [4.69, 9.17) is 22.1 Å². The summed E-state index contributed by atoms with van der Waals surface area (Å²) in [6.45, 7) is 4.42. The molecule has 5 rings (SSSR count). The Morgan fingerprint density at radius 1 is 1.03 bits per heavy atom. The fourth-order valence-corrected chi connectivity index (χ4v) is 5.08. The number of nitrogens with zero attached hydrogens (tertiary/aromatic N) is 3. The van der Waals surface area contributed by atoms with Gasteiger partial charge in [-0.05, 0) is 60.2 Å². The Labute approximate surface area is 223 Å². The Morgan fingerprint density at radius 2 is 1.76 bits per heavy atom. The van der Waals surface area contributed by atoms with Gasteiger partial charge in [-0.15, -0.1) is 6.58 Å². The Hall–Kier alpha value is -4.01. The lowest BCUT2D eigenvalue weighted by atomic mass is 10.1. The number of ether oxygens (including phenoxy) is 1. The van der Waals surface area contributed by atoms with Crippen LogP contribution in [0, 0.1) is 5.82 Å². The molecule has 1 aliphatic rings. The summed E-state index contributed by atoms with van der Waals surface area (Å²) in [4.78, 5) is 15.0. The normalized spacial score (nSPS) is 14.4. The van der Waals surface area contributed by atoms with Crippen molar-refractivity contribution in [3.63, 3.8) is 0 Å². The highest BCUT2D eigenvalue weighted by atomic mass is 32.2. The number of carbonyl (C=O) groups is 1. The van der Waals surface area contributed by atoms with Gasteiger partial charge in [0.15, 0.2) is 0 Å². The summed E-state index contributed by atoms with van der Waals surface area (Å²) in [5.74, 6) is 0.266. The van der Waals surface area contributed by atoms with Gasteiger partial charge in [-0.3, -0.25) is 9.69 Å². The monoisotopic (exact) mass is 527 g/mol. The first-order chi connectivity index (χ1) is 18.0. The van der Waals surface area contributed by atoms with Crippen LogP contribution in [0.5, 0.6) is 5.75 Å². The molecule has 0 N–H and O–H groups in total. The molecular formula is C29H22FN3O2S2. The number of thioether (sulfide) groups is 1. The van der Waals surface area contributed by atoms with Gasteiger partial charge in [0.25, 0.3) is 5.91 Å². The van der Waals surface area contributed by atoms with Crippen molar-refractivity contribution in [2.45, 2.75) is 6.61 Å². The minimum Gasteiger partial charge on any atom is -0.489 e. The lowest BCUT2D eigenvalue weighted by Gasteiger charge is -2.10. The SMILES string of the molecule is C=CCN1C(=O)/C(=C/c2cn(-c3ccccc3)nc2-c2ccc(OCc3ccc(F)cc3)cc2)SC1=S. The average molecular weight is 528 g/mol. The molecular weight excluding hydrogens is 505 g/mol. The summed E-state index contributed by atoms with van der Waals surface area (Å²) in [6, 6.07) is 23.6. The van der Waals surface area contributed by atoms with Crippen LogP contribution in [-0.4, -0.2) is 31.5 Å². The number of rotatable bonds is 8. The highest BCUT2D eigenvalue weighted by Crippen LogP contribution is 2.35. The molecule has 0 atom stereocenters. The third-order valence-corrected chi connectivity index (χ3v) is 7.06. The number of aromatic nitrogens is 2. The lowest BCUT2D eigenvalue weighted by molar-refractivity contribution is -0.121. The molecule has 1 aliphatic heterocycles. The molecule has 8 heteroatoms. The molecule has 4 aromatic rings. The molecule has 184 valence electrons. The summed E-state index contributed by atoms with van der Waals surface area (Å²) < 4.78 is 21.3. The van der Waals surface area contributed by atoms with Crippen molar-refractivity contribution in [2.24, 2.45) is 0 Å². The molecule has 0 unspecified atom stereocenters. The van der Waals surface area contributed by atoms with E-state index < -0.39 is 0 Å². The molecule has 5 nitrogen and oxygen atoms in total. The average Bonchev–Trinajstić information content (AvgIpc) is 3.46. The molecule has 0 radical (unpaired) electrons. The summed E-state index contributed by atoms with van der Waals surface area (Å²) in [6.07, 6.45) is 5.40. The Balaban J connectivity index is 1.45. The van der Waals surface area contributed by atoms with E-state index in [1.54, 1.807) is 22.9 Å². The summed E-state index contributed by atoms with van der Waals surface area (Å²) >= 11 is 6.67. The second kappa shape index (κ2) is 10.9. The maximum absolute atomic E-state index is 13.1. The van der Waals surface area contributed by atoms with E-state index >= 15 is 0 Å². The smallest absolute Gasteiger partial charge is 0.266 e. The molecule has 37 heavy (non-hydrogen) atoms. The standard InChI is InChI=1S/C29H22FN3O2S2/c1-2-16-32-28(34)26(37-29(32)36)17-22-18-33(24-6-4-3-5-7-24)31-27(22)21-10-14-25(15-11-21)35-19-20-8-12-23(30)13-9-20/h2-15,17-18H,1,16,19H2/b26-17-. The number of amides is 1. The molecule has 0 bridgehead atoms. The van der Waals surface area contributed by atoms with Gasteiger partial charge in [0.05, 0.1) is 16.3 Å². The van der Waals surface area contributed by atoms with E-state index in [0.29, 0.717) is 28.1 Å². The van der Waals surface area contributed by atoms with Crippen LogP contribution < -0.4 is 4.74 Å². The van der Waals surface area contributed by atoms with Gasteiger partial charge in [-0.2, -0.15) is 5.10 Å². The van der Waals surface area contributed by atoms with Crippen LogP contribution in [0.1, 0.15) is 11.1 Å². The lowest BCUT2D eigenvalue weighted by Crippen LogP contribution is -2.27. The zero-order valence-corrected chi connectivity index (χ0v) is 21.3. The van der Waals surface area contributed by atoms with Gasteiger partial charge in [0.1, 0.15) is 22.5 Å². The van der Waals surface area contributed by atoms with Crippen LogP contribution >= 0.6 is 24.0 Å². The predicted octanol–water partition coefficient (Wildman–Crippen LogP) is 6.64. The highest BCUT2D eigenvalue weighted by molar-refractivity contribution is 8.26. The van der Waals surface area contributed by atoms with Gasteiger partial charge in [-0.25, -0.2) is 9.07 Å². The van der Waals surface area contributed by atoms with Gasteiger partial charge in [0.2, 0.25) is 0 Å². The minimum atomic E-state index is -0.276. The third-order valence-electron chi connectivity index (χ3n) is 5.68. The Kier molecular flexibility index (Phi) is 7.30. The van der Waals surface area contributed by atoms with Crippen molar-refractivity contribution in [3.05, 3.63) is 120 Å². The quantitative estimate of drug-likeness (QED) is 0.146. The van der Waals surface area contributed by atoms with E-state index in [1.807, 2.05) is 66.9 Å². The zero-order chi connectivity index (χ0) is 25.8. The largest absolute Gasteiger partial charge is 0.489 e. The van der Waals surface area contributed by atoms with Crippen molar-refractivity contribution < 1.29 is 13.9 Å². The van der Waals surface area contributed by atoms with Gasteiger partial charge >= 0.3 is 0 Å². The van der Waals surface area contributed by atoms with Crippen molar-refractivity contribution in [3.8, 4) is 22.7 Å². The van der Waals surface area contributed by atoms with E-state index in [2.05, 4.69) is 6.58 Å². The number of para-hydroxylation sites is 1. The number of hydrogen-bond donors (Lipinski definition) is 0. The number of thiocarbonyl (C=S) groups is 1. The molecule has 1 fully saturated rings. The Morgan fingerprint density at radius 3 is 2.46 bits per heavy atom. The summed E-state index contributed by atoms with van der Waals surface area (Å²) in [7, 11) is 0. The van der Waals surface area contributed by atoms with Crippen LogP contribution in [-0.2, 0) is 11.4 Å². The van der Waals surface area contributed by atoms with Crippen LogP contribution in [0.2, 0.25) is 0 Å². The van der Waals surface area contributed by atoms with Gasteiger partial charge in [0, 0.05) is 23.9 Å². The van der Waals surface area contributed by atoms with E-state index in [1.165, 1.54) is 28.8 Å². The maximum atomic E-state index is 13.1. The summed E-state index contributed by atoms with van der Waals surface area (Å²) in [5, 5.41) is 4.84. The van der Waals surface area contributed by atoms with Gasteiger partial charge < -0.3 is 4.74 Å². The van der Waals surface area contributed by atoms with Crippen LogP contribution in [0.25, 0.3) is 23.0 Å². The first-order valence-corrected chi connectivity index (χ1v) is 12.7. The molecule has 0 aliphatic carbocycles. The van der Waals surface area contributed by atoms with Gasteiger partial charge in [-0.1, -0.05) is 60.4 Å². The van der Waals surface area contributed by atoms with Crippen LogP contribution in [0.4, 0.5) is 4.39 Å². The van der Waals surface area contributed by atoms with E-state index in [-0.39, 0.29) is 11.7 Å². The molecule has 1 amide bonds. The minimum absolute atomic E-state index is 0.141. The number of halogens is 1. The Bertz CT molecular complexity index is 1480. The summed E-state index contributed by atoms with van der Waals surface area (Å²) in [5.41, 5.74) is 4.17. The fraction of sp³-hybridized carbons (Fsp3) is 0.0690. The second-order valence-corrected chi connectivity index (χ2v) is 9.91.